The summed E-state index contributed by atoms with van der Waals surface area (Å²) in [6, 6.07) is 5.98. The Morgan fingerprint density at radius 3 is 2.76 bits per heavy atom. The van der Waals surface area contributed by atoms with Gasteiger partial charge in [0.1, 0.15) is 12.2 Å². The predicted molar refractivity (Wildman–Crippen MR) is 68.5 cm³/mol. The standard InChI is InChI=1S/C13H17ClN3/c1-4-17-9-16(8-15-17)13-6-5-11(14)7-12(13)10(2)3/h5-10H,4H2,1-3H3/q+1. The van der Waals surface area contributed by atoms with Crippen molar-refractivity contribution in [3.8, 4) is 5.69 Å². The minimum absolute atomic E-state index is 0.432. The zero-order valence-corrected chi connectivity index (χ0v) is 11.1. The molecule has 0 bridgehead atoms. The molecule has 0 aliphatic carbocycles. The van der Waals surface area contributed by atoms with Crippen LogP contribution in [-0.2, 0) is 6.54 Å². The lowest BCUT2D eigenvalue weighted by atomic mass is 10.0. The predicted octanol–water partition coefficient (Wildman–Crippen LogP) is 2.96. The minimum Gasteiger partial charge on any atom is -0.203 e. The highest BCUT2D eigenvalue weighted by atomic mass is 35.5. The topological polar surface area (TPSA) is 21.7 Å². The lowest BCUT2D eigenvalue weighted by molar-refractivity contribution is -0.597. The highest BCUT2D eigenvalue weighted by Crippen LogP contribution is 2.23. The maximum absolute atomic E-state index is 6.05. The van der Waals surface area contributed by atoms with Crippen LogP contribution in [0.4, 0.5) is 0 Å². The maximum atomic E-state index is 6.05. The van der Waals surface area contributed by atoms with Gasteiger partial charge in [-0.05, 0) is 36.6 Å². The van der Waals surface area contributed by atoms with Crippen LogP contribution in [0.5, 0.6) is 0 Å². The van der Waals surface area contributed by atoms with E-state index in [2.05, 4.69) is 25.9 Å². The average molecular weight is 251 g/mol. The van der Waals surface area contributed by atoms with Gasteiger partial charge in [0, 0.05) is 10.1 Å². The number of aryl methyl sites for hydroxylation is 1. The molecule has 1 heterocycles. The number of halogens is 1. The third-order valence-corrected chi connectivity index (χ3v) is 3.03. The summed E-state index contributed by atoms with van der Waals surface area (Å²) in [5.41, 5.74) is 2.38. The first-order chi connectivity index (χ1) is 8.11. The van der Waals surface area contributed by atoms with Gasteiger partial charge in [-0.3, -0.25) is 0 Å². The van der Waals surface area contributed by atoms with Crippen LogP contribution in [0, 0.1) is 0 Å². The summed E-state index contributed by atoms with van der Waals surface area (Å²) >= 11 is 6.05. The summed E-state index contributed by atoms with van der Waals surface area (Å²) in [6.45, 7) is 7.28. The number of nitrogens with zero attached hydrogens (tertiary/aromatic N) is 3. The van der Waals surface area contributed by atoms with Crippen LogP contribution in [0.15, 0.2) is 30.9 Å². The molecule has 0 N–H and O–H groups in total. The Morgan fingerprint density at radius 1 is 1.41 bits per heavy atom. The molecule has 1 aromatic carbocycles. The molecule has 0 saturated carbocycles. The highest BCUT2D eigenvalue weighted by molar-refractivity contribution is 6.30. The second-order valence-electron chi connectivity index (χ2n) is 4.37. The van der Waals surface area contributed by atoms with Crippen LogP contribution in [-0.4, -0.2) is 9.78 Å². The smallest absolute Gasteiger partial charge is 0.203 e. The zero-order chi connectivity index (χ0) is 12.4. The van der Waals surface area contributed by atoms with Crippen molar-refractivity contribution in [3.05, 3.63) is 41.4 Å². The molecule has 0 aliphatic rings. The molecule has 0 radical (unpaired) electrons. The number of hydrogen-bond acceptors (Lipinski definition) is 1. The SMILES string of the molecule is CCn1c[n+](-c2ccc(Cl)cc2C(C)C)cn1. The first-order valence-corrected chi connectivity index (χ1v) is 6.23. The monoisotopic (exact) mass is 250 g/mol. The third kappa shape index (κ3) is 2.50. The molecular weight excluding hydrogens is 234 g/mol. The van der Waals surface area contributed by atoms with Gasteiger partial charge in [-0.25, -0.2) is 4.57 Å². The van der Waals surface area contributed by atoms with Crippen molar-refractivity contribution < 1.29 is 4.57 Å². The van der Waals surface area contributed by atoms with Crippen molar-refractivity contribution in [1.29, 1.82) is 0 Å². The van der Waals surface area contributed by atoms with E-state index in [1.807, 2.05) is 40.1 Å². The molecule has 4 heteroatoms. The van der Waals surface area contributed by atoms with Crippen molar-refractivity contribution >= 4 is 11.6 Å². The Bertz CT molecular complexity index is 517. The van der Waals surface area contributed by atoms with Crippen LogP contribution < -0.4 is 4.57 Å². The number of hydrogen-bond donors (Lipinski definition) is 0. The summed E-state index contributed by atoms with van der Waals surface area (Å²) < 4.78 is 3.94. The lowest BCUT2D eigenvalue weighted by Gasteiger charge is -2.10. The van der Waals surface area contributed by atoms with E-state index in [1.54, 1.807) is 0 Å². The highest BCUT2D eigenvalue weighted by Gasteiger charge is 2.14. The Labute approximate surface area is 107 Å². The normalized spacial score (nSPS) is 11.1. The lowest BCUT2D eigenvalue weighted by Crippen LogP contribution is -2.29. The molecule has 2 rings (SSSR count). The summed E-state index contributed by atoms with van der Waals surface area (Å²) in [6.07, 6.45) is 3.83. The Balaban J connectivity index is 2.50. The summed E-state index contributed by atoms with van der Waals surface area (Å²) in [5.74, 6) is 0.432. The van der Waals surface area contributed by atoms with E-state index < -0.39 is 0 Å². The fourth-order valence-corrected chi connectivity index (χ4v) is 2.02. The summed E-state index contributed by atoms with van der Waals surface area (Å²) in [7, 11) is 0. The molecule has 0 spiro atoms. The maximum Gasteiger partial charge on any atom is 0.270 e. The van der Waals surface area contributed by atoms with Gasteiger partial charge in [0.15, 0.2) is 0 Å². The summed E-state index contributed by atoms with van der Waals surface area (Å²) in [5, 5.41) is 5.06. The first kappa shape index (κ1) is 12.1. The van der Waals surface area contributed by atoms with Gasteiger partial charge in [-0.2, -0.15) is 0 Å². The number of benzene rings is 1. The van der Waals surface area contributed by atoms with Gasteiger partial charge < -0.3 is 0 Å². The fraction of sp³-hybridized carbons (Fsp3) is 0.385. The first-order valence-electron chi connectivity index (χ1n) is 5.85. The molecule has 90 valence electrons. The molecule has 1 aromatic heterocycles. The number of rotatable bonds is 3. The van der Waals surface area contributed by atoms with Gasteiger partial charge in [-0.1, -0.05) is 25.4 Å². The molecule has 2 aromatic rings. The van der Waals surface area contributed by atoms with Crippen molar-refractivity contribution in [2.24, 2.45) is 0 Å². The summed E-state index contributed by atoms with van der Waals surface area (Å²) in [4.78, 5) is 0. The second kappa shape index (κ2) is 4.88. The molecular formula is C13H17ClN3+. The number of aromatic nitrogens is 3. The molecule has 3 nitrogen and oxygen atoms in total. The largest absolute Gasteiger partial charge is 0.270 e. The van der Waals surface area contributed by atoms with Gasteiger partial charge in [0.2, 0.25) is 6.33 Å². The van der Waals surface area contributed by atoms with E-state index in [0.29, 0.717) is 5.92 Å². The molecule has 0 amide bonds. The Kier molecular flexibility index (Phi) is 3.48. The van der Waals surface area contributed by atoms with Gasteiger partial charge in [0.25, 0.3) is 6.33 Å². The van der Waals surface area contributed by atoms with E-state index in [0.717, 1.165) is 17.3 Å². The van der Waals surface area contributed by atoms with Crippen LogP contribution in [0.25, 0.3) is 5.69 Å². The minimum atomic E-state index is 0.432. The van der Waals surface area contributed by atoms with Gasteiger partial charge >= 0.3 is 0 Å². The van der Waals surface area contributed by atoms with Crippen molar-refractivity contribution in [2.45, 2.75) is 33.2 Å². The molecule has 0 fully saturated rings. The molecule has 17 heavy (non-hydrogen) atoms. The van der Waals surface area contributed by atoms with Crippen LogP contribution in [0.2, 0.25) is 5.02 Å². The fourth-order valence-electron chi connectivity index (χ4n) is 1.84. The van der Waals surface area contributed by atoms with Crippen LogP contribution in [0.3, 0.4) is 0 Å². The van der Waals surface area contributed by atoms with E-state index in [9.17, 15) is 0 Å². The van der Waals surface area contributed by atoms with E-state index in [-0.39, 0.29) is 0 Å². The third-order valence-electron chi connectivity index (χ3n) is 2.80. The second-order valence-corrected chi connectivity index (χ2v) is 4.80. The van der Waals surface area contributed by atoms with Crippen molar-refractivity contribution in [1.82, 2.24) is 9.78 Å². The van der Waals surface area contributed by atoms with Gasteiger partial charge in [0.05, 0.1) is 0 Å². The quantitative estimate of drug-likeness (QED) is 0.768. The Morgan fingerprint density at radius 2 is 2.18 bits per heavy atom. The van der Waals surface area contributed by atoms with E-state index in [1.165, 1.54) is 5.56 Å². The molecule has 0 saturated heterocycles. The van der Waals surface area contributed by atoms with E-state index >= 15 is 0 Å². The Hall–Kier alpha value is -1.35. The zero-order valence-electron chi connectivity index (χ0n) is 10.4. The van der Waals surface area contributed by atoms with Gasteiger partial charge in [-0.15, -0.1) is 4.68 Å². The van der Waals surface area contributed by atoms with Crippen molar-refractivity contribution in [3.63, 3.8) is 0 Å². The van der Waals surface area contributed by atoms with Crippen LogP contribution in [0.1, 0.15) is 32.3 Å². The molecule has 0 unspecified atom stereocenters. The average Bonchev–Trinajstić information content (AvgIpc) is 2.77. The van der Waals surface area contributed by atoms with E-state index in [4.69, 9.17) is 11.6 Å². The van der Waals surface area contributed by atoms with Crippen LogP contribution >= 0.6 is 11.6 Å². The molecule has 0 aliphatic heterocycles. The van der Waals surface area contributed by atoms with Crippen molar-refractivity contribution in [2.75, 3.05) is 0 Å². The molecule has 0 atom stereocenters.